The van der Waals surface area contributed by atoms with Crippen LogP contribution in [-0.4, -0.2) is 42.1 Å². The van der Waals surface area contributed by atoms with Gasteiger partial charge in [0.1, 0.15) is 18.8 Å². The van der Waals surface area contributed by atoms with Gasteiger partial charge in [-0.3, -0.25) is 4.79 Å². The summed E-state index contributed by atoms with van der Waals surface area (Å²) in [7, 11) is 0. The van der Waals surface area contributed by atoms with Crippen LogP contribution in [0.25, 0.3) is 0 Å². The van der Waals surface area contributed by atoms with E-state index in [-0.39, 0.29) is 0 Å². The second-order valence-electron chi connectivity index (χ2n) is 5.07. The second-order valence-corrected chi connectivity index (χ2v) is 6.24. The molecule has 0 saturated heterocycles. The molecule has 0 saturated carbocycles. The lowest BCUT2D eigenvalue weighted by molar-refractivity contribution is -0.144. The van der Waals surface area contributed by atoms with E-state index in [2.05, 4.69) is 5.32 Å². The SMILES string of the molecule is CCNC(C)(CCSc1ccc2c(c1)OCCO2)C(=O)O. The molecule has 0 radical (unpaired) electrons. The molecule has 0 aromatic heterocycles. The topological polar surface area (TPSA) is 67.8 Å². The predicted molar refractivity (Wildman–Crippen MR) is 82.5 cm³/mol. The molecular formula is C15H21NO4S. The number of rotatable bonds is 7. The third-order valence-corrected chi connectivity index (χ3v) is 4.42. The molecule has 1 aromatic rings. The normalized spacial score (nSPS) is 16.3. The van der Waals surface area contributed by atoms with Crippen LogP contribution < -0.4 is 14.8 Å². The van der Waals surface area contributed by atoms with Crippen molar-refractivity contribution in [3.8, 4) is 11.5 Å². The van der Waals surface area contributed by atoms with Crippen LogP contribution in [0.3, 0.4) is 0 Å². The fourth-order valence-corrected chi connectivity index (χ4v) is 3.25. The van der Waals surface area contributed by atoms with Crippen molar-refractivity contribution in [2.75, 3.05) is 25.5 Å². The number of likely N-dealkylation sites (N-methyl/N-ethyl adjacent to an activating group) is 1. The predicted octanol–water partition coefficient (Wildman–Crippen LogP) is 2.39. The fourth-order valence-electron chi connectivity index (χ4n) is 2.15. The highest BCUT2D eigenvalue weighted by atomic mass is 32.2. The summed E-state index contributed by atoms with van der Waals surface area (Å²) in [5, 5.41) is 12.3. The lowest BCUT2D eigenvalue weighted by Gasteiger charge is -2.25. The summed E-state index contributed by atoms with van der Waals surface area (Å²) >= 11 is 1.62. The third-order valence-electron chi connectivity index (χ3n) is 3.42. The van der Waals surface area contributed by atoms with Gasteiger partial charge in [-0.1, -0.05) is 6.92 Å². The number of fused-ring (bicyclic) bond motifs is 1. The van der Waals surface area contributed by atoms with Crippen molar-refractivity contribution in [3.63, 3.8) is 0 Å². The molecule has 0 fully saturated rings. The molecule has 1 aromatic carbocycles. The van der Waals surface area contributed by atoms with Crippen molar-refractivity contribution in [1.82, 2.24) is 5.32 Å². The number of carboxylic acid groups (broad SMARTS) is 1. The first kappa shape index (κ1) is 16.0. The van der Waals surface area contributed by atoms with Crippen LogP contribution in [0.15, 0.2) is 23.1 Å². The van der Waals surface area contributed by atoms with Gasteiger partial charge < -0.3 is 19.9 Å². The molecule has 2 N–H and O–H groups in total. The van der Waals surface area contributed by atoms with Crippen LogP contribution in [0, 0.1) is 0 Å². The monoisotopic (exact) mass is 311 g/mol. The molecule has 6 heteroatoms. The standard InChI is InChI=1S/C15H21NO4S/c1-3-16-15(2,14(17)18)6-9-21-11-4-5-12-13(10-11)20-8-7-19-12/h4-5,10,16H,3,6-9H2,1-2H3,(H,17,18). The maximum absolute atomic E-state index is 11.3. The van der Waals surface area contributed by atoms with Crippen LogP contribution in [-0.2, 0) is 4.79 Å². The molecule has 1 aliphatic rings. The van der Waals surface area contributed by atoms with E-state index in [9.17, 15) is 9.90 Å². The number of carboxylic acids is 1. The molecule has 116 valence electrons. The molecule has 0 amide bonds. The van der Waals surface area contributed by atoms with Crippen LogP contribution >= 0.6 is 11.8 Å². The third kappa shape index (κ3) is 4.04. The van der Waals surface area contributed by atoms with E-state index in [1.165, 1.54) is 0 Å². The Morgan fingerprint density at radius 2 is 2.10 bits per heavy atom. The number of benzene rings is 1. The van der Waals surface area contributed by atoms with Gasteiger partial charge in [0.2, 0.25) is 0 Å². The van der Waals surface area contributed by atoms with Crippen molar-refractivity contribution in [3.05, 3.63) is 18.2 Å². The Kier molecular flexibility index (Phi) is 5.36. The molecule has 1 atom stereocenters. The highest BCUT2D eigenvalue weighted by Gasteiger charge is 2.31. The zero-order chi connectivity index (χ0) is 15.3. The minimum Gasteiger partial charge on any atom is -0.486 e. The van der Waals surface area contributed by atoms with Gasteiger partial charge in [-0.15, -0.1) is 11.8 Å². The lowest BCUT2D eigenvalue weighted by atomic mass is 9.99. The highest BCUT2D eigenvalue weighted by Crippen LogP contribution is 2.34. The number of aliphatic carboxylic acids is 1. The molecule has 2 rings (SSSR count). The summed E-state index contributed by atoms with van der Waals surface area (Å²) in [4.78, 5) is 12.4. The van der Waals surface area contributed by atoms with E-state index < -0.39 is 11.5 Å². The maximum Gasteiger partial charge on any atom is 0.323 e. The number of nitrogens with one attached hydrogen (secondary N) is 1. The summed E-state index contributed by atoms with van der Waals surface area (Å²) in [5.41, 5.74) is -0.879. The van der Waals surface area contributed by atoms with E-state index in [4.69, 9.17) is 9.47 Å². The molecule has 1 unspecified atom stereocenters. The molecule has 1 aliphatic heterocycles. The summed E-state index contributed by atoms with van der Waals surface area (Å²) in [6.45, 7) is 5.42. The molecule has 0 bridgehead atoms. The van der Waals surface area contributed by atoms with Gasteiger partial charge in [0, 0.05) is 10.6 Å². The summed E-state index contributed by atoms with van der Waals surface area (Å²) in [5.74, 6) is 1.44. The molecule has 21 heavy (non-hydrogen) atoms. The van der Waals surface area contributed by atoms with Crippen LogP contribution in [0.2, 0.25) is 0 Å². The minimum absolute atomic E-state index is 0.551. The Balaban J connectivity index is 1.92. The Morgan fingerprint density at radius 3 is 2.76 bits per heavy atom. The van der Waals surface area contributed by atoms with Gasteiger partial charge in [0.05, 0.1) is 0 Å². The van der Waals surface area contributed by atoms with Crippen LogP contribution in [0.1, 0.15) is 20.3 Å². The van der Waals surface area contributed by atoms with E-state index in [1.54, 1.807) is 18.7 Å². The average Bonchev–Trinajstić information content (AvgIpc) is 2.47. The summed E-state index contributed by atoms with van der Waals surface area (Å²) < 4.78 is 11.0. The number of hydrogen-bond acceptors (Lipinski definition) is 5. The van der Waals surface area contributed by atoms with E-state index in [1.807, 2.05) is 25.1 Å². The van der Waals surface area contributed by atoms with Crippen LogP contribution in [0.5, 0.6) is 11.5 Å². The largest absolute Gasteiger partial charge is 0.486 e. The number of thioether (sulfide) groups is 1. The van der Waals surface area contributed by atoms with Crippen LogP contribution in [0.4, 0.5) is 0 Å². The smallest absolute Gasteiger partial charge is 0.323 e. The average molecular weight is 311 g/mol. The highest BCUT2D eigenvalue weighted by molar-refractivity contribution is 7.99. The van der Waals surface area contributed by atoms with Crippen molar-refractivity contribution in [1.29, 1.82) is 0 Å². The Morgan fingerprint density at radius 1 is 1.38 bits per heavy atom. The molecule has 0 aliphatic carbocycles. The molecule has 1 heterocycles. The quantitative estimate of drug-likeness (QED) is 0.754. The van der Waals surface area contributed by atoms with E-state index in [0.717, 1.165) is 22.1 Å². The summed E-state index contributed by atoms with van der Waals surface area (Å²) in [6, 6.07) is 5.82. The summed E-state index contributed by atoms with van der Waals surface area (Å²) in [6.07, 6.45) is 0.551. The van der Waals surface area contributed by atoms with Gasteiger partial charge in [-0.2, -0.15) is 0 Å². The van der Waals surface area contributed by atoms with Crippen molar-refractivity contribution >= 4 is 17.7 Å². The van der Waals surface area contributed by atoms with E-state index in [0.29, 0.717) is 26.2 Å². The van der Waals surface area contributed by atoms with Gasteiger partial charge in [0.25, 0.3) is 0 Å². The minimum atomic E-state index is -0.879. The number of carbonyl (C=O) groups is 1. The maximum atomic E-state index is 11.3. The van der Waals surface area contributed by atoms with Crippen molar-refractivity contribution in [2.24, 2.45) is 0 Å². The van der Waals surface area contributed by atoms with Gasteiger partial charge in [-0.05, 0) is 38.1 Å². The first-order valence-corrected chi connectivity index (χ1v) is 8.04. The second kappa shape index (κ2) is 7.04. The van der Waals surface area contributed by atoms with E-state index >= 15 is 0 Å². The number of hydrogen-bond donors (Lipinski definition) is 2. The Hall–Kier alpha value is -1.40. The molecule has 5 nitrogen and oxygen atoms in total. The molecular weight excluding hydrogens is 290 g/mol. The van der Waals surface area contributed by atoms with Gasteiger partial charge in [-0.25, -0.2) is 0 Å². The van der Waals surface area contributed by atoms with Crippen molar-refractivity contribution < 1.29 is 19.4 Å². The fraction of sp³-hybridized carbons (Fsp3) is 0.533. The Bertz CT molecular complexity index is 508. The zero-order valence-corrected chi connectivity index (χ0v) is 13.2. The zero-order valence-electron chi connectivity index (χ0n) is 12.3. The molecule has 0 spiro atoms. The van der Waals surface area contributed by atoms with Crippen molar-refractivity contribution in [2.45, 2.75) is 30.7 Å². The van der Waals surface area contributed by atoms with Gasteiger partial charge >= 0.3 is 5.97 Å². The lowest BCUT2D eigenvalue weighted by Crippen LogP contribution is -2.49. The first-order chi connectivity index (χ1) is 10.0. The first-order valence-electron chi connectivity index (χ1n) is 7.06. The number of ether oxygens (including phenoxy) is 2. The Labute approximate surface area is 129 Å². The van der Waals surface area contributed by atoms with Gasteiger partial charge in [0.15, 0.2) is 11.5 Å².